The molecule has 0 aromatic heterocycles. The van der Waals surface area contributed by atoms with Gasteiger partial charge in [-0.15, -0.1) is 11.8 Å². The molecule has 2 nitrogen and oxygen atoms in total. The molecule has 2 aliphatic carbocycles. The van der Waals surface area contributed by atoms with Crippen molar-refractivity contribution < 1.29 is 4.79 Å². The third kappa shape index (κ3) is 2.91. The van der Waals surface area contributed by atoms with Crippen molar-refractivity contribution in [1.29, 1.82) is 0 Å². The van der Waals surface area contributed by atoms with Crippen LogP contribution in [-0.2, 0) is 4.79 Å². The predicted molar refractivity (Wildman–Crippen MR) is 60.4 cm³/mol. The summed E-state index contributed by atoms with van der Waals surface area (Å²) in [6, 6.07) is 0.509. The predicted octanol–water partition coefficient (Wildman–Crippen LogP) is 2.19. The van der Waals surface area contributed by atoms with Crippen LogP contribution in [0.5, 0.6) is 0 Å². The van der Waals surface area contributed by atoms with Crippen molar-refractivity contribution in [2.24, 2.45) is 5.92 Å². The number of carbonyl (C=O) groups excluding carboxylic acids is 1. The summed E-state index contributed by atoms with van der Waals surface area (Å²) in [4.78, 5) is 11.6. The Balaban J connectivity index is 1.60. The van der Waals surface area contributed by atoms with E-state index in [1.165, 1.54) is 37.9 Å². The molecule has 1 unspecified atom stereocenters. The van der Waals surface area contributed by atoms with Crippen LogP contribution in [0.2, 0.25) is 0 Å². The van der Waals surface area contributed by atoms with Crippen LogP contribution in [0.4, 0.5) is 0 Å². The van der Waals surface area contributed by atoms with Gasteiger partial charge in [-0.3, -0.25) is 4.79 Å². The van der Waals surface area contributed by atoms with E-state index in [0.29, 0.717) is 6.04 Å². The Kier molecular flexibility index (Phi) is 3.37. The first-order chi connectivity index (χ1) is 6.75. The molecule has 0 aromatic carbocycles. The van der Waals surface area contributed by atoms with Crippen molar-refractivity contribution in [1.82, 2.24) is 5.32 Å². The van der Waals surface area contributed by atoms with Crippen molar-refractivity contribution in [2.75, 3.05) is 5.75 Å². The smallest absolute Gasteiger partial charge is 0.233 e. The Morgan fingerprint density at radius 3 is 2.64 bits per heavy atom. The zero-order chi connectivity index (χ0) is 9.97. The molecule has 2 fully saturated rings. The second kappa shape index (κ2) is 4.56. The summed E-state index contributed by atoms with van der Waals surface area (Å²) in [5.41, 5.74) is 0. The van der Waals surface area contributed by atoms with E-state index in [4.69, 9.17) is 0 Å². The molecular formula is C11H19NOS. The van der Waals surface area contributed by atoms with Crippen LogP contribution in [0.3, 0.4) is 0 Å². The zero-order valence-electron chi connectivity index (χ0n) is 8.79. The second-order valence-electron chi connectivity index (χ2n) is 4.56. The van der Waals surface area contributed by atoms with E-state index in [9.17, 15) is 4.79 Å². The Hall–Kier alpha value is -0.180. The zero-order valence-corrected chi connectivity index (χ0v) is 9.61. The summed E-state index contributed by atoms with van der Waals surface area (Å²) < 4.78 is 0. The topological polar surface area (TPSA) is 29.1 Å². The lowest BCUT2D eigenvalue weighted by Gasteiger charge is -2.25. The second-order valence-corrected chi connectivity index (χ2v) is 5.93. The molecule has 2 saturated carbocycles. The fraction of sp³-hybridized carbons (Fsp3) is 0.909. The summed E-state index contributed by atoms with van der Waals surface area (Å²) >= 11 is 1.83. The standard InChI is InChI=1S/C11H19NOS/c1-8(11(13)12-10-5-6-10)14-7-9-3-2-4-9/h8-10H,2-7H2,1H3,(H,12,13). The first-order valence-corrected chi connectivity index (χ1v) is 6.72. The molecule has 0 heterocycles. The van der Waals surface area contributed by atoms with Gasteiger partial charge in [-0.2, -0.15) is 0 Å². The van der Waals surface area contributed by atoms with Gasteiger partial charge < -0.3 is 5.32 Å². The molecule has 0 aliphatic heterocycles. The van der Waals surface area contributed by atoms with Crippen LogP contribution in [0.1, 0.15) is 39.0 Å². The van der Waals surface area contributed by atoms with Crippen LogP contribution >= 0.6 is 11.8 Å². The number of amides is 1. The quantitative estimate of drug-likeness (QED) is 0.758. The van der Waals surface area contributed by atoms with Gasteiger partial charge in [-0.25, -0.2) is 0 Å². The molecule has 3 heteroatoms. The van der Waals surface area contributed by atoms with Crippen LogP contribution in [0.15, 0.2) is 0 Å². The normalized spacial score (nSPS) is 24.1. The van der Waals surface area contributed by atoms with Crippen molar-refractivity contribution in [3.05, 3.63) is 0 Å². The largest absolute Gasteiger partial charge is 0.352 e. The summed E-state index contributed by atoms with van der Waals surface area (Å²) in [7, 11) is 0. The van der Waals surface area contributed by atoms with Gasteiger partial charge in [0.25, 0.3) is 0 Å². The van der Waals surface area contributed by atoms with Crippen LogP contribution in [0.25, 0.3) is 0 Å². The molecule has 1 N–H and O–H groups in total. The minimum atomic E-state index is 0.149. The van der Waals surface area contributed by atoms with Gasteiger partial charge in [-0.1, -0.05) is 6.42 Å². The summed E-state index contributed by atoms with van der Waals surface area (Å²) in [5.74, 6) is 2.33. The van der Waals surface area contributed by atoms with Crippen LogP contribution in [0, 0.1) is 5.92 Å². The Bertz CT molecular complexity index is 211. The summed E-state index contributed by atoms with van der Waals surface area (Å²) in [5, 5.41) is 3.20. The van der Waals surface area contributed by atoms with Crippen molar-refractivity contribution in [3.8, 4) is 0 Å². The maximum absolute atomic E-state index is 11.6. The minimum Gasteiger partial charge on any atom is -0.352 e. The molecule has 1 atom stereocenters. The third-order valence-electron chi connectivity index (χ3n) is 3.10. The van der Waals surface area contributed by atoms with E-state index < -0.39 is 0 Å². The molecule has 0 radical (unpaired) electrons. The molecular weight excluding hydrogens is 194 g/mol. The molecule has 2 aliphatic rings. The average Bonchev–Trinajstić information content (AvgIpc) is 2.85. The molecule has 0 saturated heterocycles. The maximum atomic E-state index is 11.6. The first-order valence-electron chi connectivity index (χ1n) is 5.67. The van der Waals surface area contributed by atoms with E-state index >= 15 is 0 Å². The highest BCUT2D eigenvalue weighted by Crippen LogP contribution is 2.31. The molecule has 2 rings (SSSR count). The fourth-order valence-electron chi connectivity index (χ4n) is 1.56. The van der Waals surface area contributed by atoms with Gasteiger partial charge in [0, 0.05) is 6.04 Å². The van der Waals surface area contributed by atoms with Gasteiger partial charge in [-0.05, 0) is 44.3 Å². The summed E-state index contributed by atoms with van der Waals surface area (Å²) in [6.45, 7) is 2.03. The first kappa shape index (κ1) is 10.3. The van der Waals surface area contributed by atoms with Crippen molar-refractivity contribution >= 4 is 17.7 Å². The van der Waals surface area contributed by atoms with Gasteiger partial charge in [0.1, 0.15) is 0 Å². The number of thioether (sulfide) groups is 1. The monoisotopic (exact) mass is 213 g/mol. The number of hydrogen-bond donors (Lipinski definition) is 1. The fourth-order valence-corrected chi connectivity index (χ4v) is 2.68. The Morgan fingerprint density at radius 2 is 2.14 bits per heavy atom. The number of nitrogens with one attached hydrogen (secondary N) is 1. The van der Waals surface area contributed by atoms with E-state index in [2.05, 4.69) is 5.32 Å². The lowest BCUT2D eigenvalue weighted by molar-refractivity contribution is -0.120. The Morgan fingerprint density at radius 1 is 1.43 bits per heavy atom. The van der Waals surface area contributed by atoms with Gasteiger partial charge in [0.2, 0.25) is 5.91 Å². The number of hydrogen-bond acceptors (Lipinski definition) is 2. The number of carbonyl (C=O) groups is 1. The van der Waals surface area contributed by atoms with Crippen LogP contribution in [-0.4, -0.2) is 23.0 Å². The SMILES string of the molecule is CC(SCC1CCC1)C(=O)NC1CC1. The highest BCUT2D eigenvalue weighted by atomic mass is 32.2. The lowest BCUT2D eigenvalue weighted by atomic mass is 9.87. The van der Waals surface area contributed by atoms with E-state index in [-0.39, 0.29) is 11.2 Å². The molecule has 1 amide bonds. The van der Waals surface area contributed by atoms with Gasteiger partial charge >= 0.3 is 0 Å². The molecule has 80 valence electrons. The van der Waals surface area contributed by atoms with E-state index in [1.54, 1.807) is 0 Å². The lowest BCUT2D eigenvalue weighted by Crippen LogP contribution is -2.33. The molecule has 0 aromatic rings. The van der Waals surface area contributed by atoms with Crippen molar-refractivity contribution in [3.63, 3.8) is 0 Å². The minimum absolute atomic E-state index is 0.149. The van der Waals surface area contributed by atoms with Crippen molar-refractivity contribution in [2.45, 2.75) is 50.3 Å². The van der Waals surface area contributed by atoms with Crippen LogP contribution < -0.4 is 5.32 Å². The van der Waals surface area contributed by atoms with E-state index in [1.807, 2.05) is 18.7 Å². The molecule has 0 bridgehead atoms. The van der Waals surface area contributed by atoms with Gasteiger partial charge in [0.05, 0.1) is 5.25 Å². The summed E-state index contributed by atoms with van der Waals surface area (Å²) in [6.07, 6.45) is 6.53. The number of rotatable bonds is 5. The maximum Gasteiger partial charge on any atom is 0.233 e. The average molecular weight is 213 g/mol. The highest BCUT2D eigenvalue weighted by molar-refractivity contribution is 8.00. The molecule has 0 spiro atoms. The third-order valence-corrected chi connectivity index (χ3v) is 4.48. The highest BCUT2D eigenvalue weighted by Gasteiger charge is 2.26. The van der Waals surface area contributed by atoms with E-state index in [0.717, 1.165) is 5.92 Å². The van der Waals surface area contributed by atoms with Gasteiger partial charge in [0.15, 0.2) is 0 Å². The molecule has 14 heavy (non-hydrogen) atoms. The Labute approximate surface area is 90.2 Å².